The summed E-state index contributed by atoms with van der Waals surface area (Å²) in [7, 11) is -0.0694. The van der Waals surface area contributed by atoms with Gasteiger partial charge in [-0.15, -0.1) is 0 Å². The summed E-state index contributed by atoms with van der Waals surface area (Å²) >= 11 is 0. The first-order valence-electron chi connectivity index (χ1n) is 15.1. The van der Waals surface area contributed by atoms with Crippen LogP contribution in [0.2, 0.25) is 0 Å². The molecule has 41 heavy (non-hydrogen) atoms. The molecule has 222 valence electrons. The highest BCUT2D eigenvalue weighted by atomic mass is 32.2. The predicted molar refractivity (Wildman–Crippen MR) is 170 cm³/mol. The molecule has 0 bridgehead atoms. The van der Waals surface area contributed by atoms with Crippen molar-refractivity contribution >= 4 is 21.4 Å². The number of nitrogens with zero attached hydrogens (tertiary/aromatic N) is 2. The molecule has 6 nitrogen and oxygen atoms in total. The van der Waals surface area contributed by atoms with E-state index in [4.69, 9.17) is 0 Å². The van der Waals surface area contributed by atoms with E-state index in [2.05, 4.69) is 32.2 Å². The molecule has 0 unspecified atom stereocenters. The van der Waals surface area contributed by atoms with Crippen LogP contribution < -0.4 is 10.2 Å². The summed E-state index contributed by atoms with van der Waals surface area (Å²) in [5.74, 6) is -0.521. The van der Waals surface area contributed by atoms with E-state index in [0.29, 0.717) is 18.4 Å². The summed E-state index contributed by atoms with van der Waals surface area (Å²) in [6.45, 7) is 7.30. The molecular formula is C34H47N3O3S. The van der Waals surface area contributed by atoms with Crippen LogP contribution in [0.4, 0.5) is 11.4 Å². The van der Waals surface area contributed by atoms with Gasteiger partial charge in [-0.2, -0.15) is 4.31 Å². The van der Waals surface area contributed by atoms with E-state index in [9.17, 15) is 13.5 Å². The third-order valence-electron chi connectivity index (χ3n) is 8.50. The number of hydrogen-bond donors (Lipinski definition) is 2. The second kappa shape index (κ2) is 13.4. The molecule has 1 aliphatic heterocycles. The summed E-state index contributed by atoms with van der Waals surface area (Å²) in [5.41, 5.74) is 3.38. The lowest BCUT2D eigenvalue weighted by atomic mass is 9.72. The molecule has 3 aromatic rings. The van der Waals surface area contributed by atoms with Crippen molar-refractivity contribution in [2.75, 3.05) is 30.9 Å². The molecule has 1 aliphatic rings. The quantitative estimate of drug-likeness (QED) is 0.242. The van der Waals surface area contributed by atoms with E-state index < -0.39 is 27.6 Å². The van der Waals surface area contributed by atoms with Gasteiger partial charge in [-0.05, 0) is 66.8 Å². The standard InChI is InChI=1S/C34H47N3O3S/c1-6-9-21-34(22-10-7-2)33(38)32(27-17-14-18-28(23-27)35-8-3)30-24-29(36(4)5)19-20-31(30)41(39,40)37(34)25-26-15-12-11-13-16-26/h11-20,23-24,32-33,35,38H,6-10,21-22,25H2,1-5H3/t32-,33-/m1/s1. The SMILES string of the molecule is CCCCC1(CCCC)[C@H](O)[C@H](c2cccc(NCC)c2)c2cc(N(C)C)ccc2S(=O)(=O)N1Cc1ccccc1. The molecule has 3 aromatic carbocycles. The minimum Gasteiger partial charge on any atom is -0.390 e. The number of aliphatic hydroxyl groups excluding tert-OH is 1. The molecule has 0 spiro atoms. The Morgan fingerprint density at radius 1 is 0.902 bits per heavy atom. The van der Waals surface area contributed by atoms with Gasteiger partial charge in [0.2, 0.25) is 10.0 Å². The normalized spacial score (nSPS) is 19.8. The first-order valence-corrected chi connectivity index (χ1v) is 16.5. The number of fused-ring (bicyclic) bond motifs is 1. The molecule has 2 N–H and O–H groups in total. The Balaban J connectivity index is 2.06. The molecule has 2 atom stereocenters. The van der Waals surface area contributed by atoms with Gasteiger partial charge in [0, 0.05) is 44.5 Å². The molecule has 7 heteroatoms. The number of benzene rings is 3. The van der Waals surface area contributed by atoms with Gasteiger partial charge in [0.05, 0.1) is 16.5 Å². The van der Waals surface area contributed by atoms with Crippen molar-refractivity contribution in [3.8, 4) is 0 Å². The van der Waals surface area contributed by atoms with Crippen molar-refractivity contribution in [3.05, 3.63) is 89.5 Å². The average molecular weight is 578 g/mol. The highest BCUT2D eigenvalue weighted by molar-refractivity contribution is 7.89. The molecule has 0 saturated carbocycles. The van der Waals surface area contributed by atoms with Gasteiger partial charge < -0.3 is 15.3 Å². The third kappa shape index (κ3) is 6.32. The number of aliphatic hydroxyl groups is 1. The Morgan fingerprint density at radius 2 is 1.59 bits per heavy atom. The van der Waals surface area contributed by atoms with Crippen molar-refractivity contribution in [1.29, 1.82) is 0 Å². The number of nitrogens with one attached hydrogen (secondary N) is 1. The van der Waals surface area contributed by atoms with Gasteiger partial charge in [0.1, 0.15) is 0 Å². The monoisotopic (exact) mass is 577 g/mol. The zero-order valence-electron chi connectivity index (χ0n) is 25.3. The van der Waals surface area contributed by atoms with Crippen LogP contribution in [0.5, 0.6) is 0 Å². The highest BCUT2D eigenvalue weighted by Gasteiger charge is 2.54. The average Bonchev–Trinajstić information content (AvgIpc) is 3.02. The maximum absolute atomic E-state index is 14.9. The number of unbranched alkanes of at least 4 members (excludes halogenated alkanes) is 2. The van der Waals surface area contributed by atoms with Crippen molar-refractivity contribution in [2.45, 2.75) is 88.3 Å². The third-order valence-corrected chi connectivity index (χ3v) is 10.5. The number of hydrogen-bond acceptors (Lipinski definition) is 5. The Kier molecular flexibility index (Phi) is 10.2. The van der Waals surface area contributed by atoms with Crippen LogP contribution in [-0.2, 0) is 16.6 Å². The van der Waals surface area contributed by atoms with E-state index >= 15 is 0 Å². The number of sulfonamides is 1. The van der Waals surface area contributed by atoms with E-state index in [0.717, 1.165) is 54.7 Å². The maximum atomic E-state index is 14.9. The number of anilines is 2. The fraction of sp³-hybridized carbons (Fsp3) is 0.471. The lowest BCUT2D eigenvalue weighted by molar-refractivity contribution is -0.0152. The topological polar surface area (TPSA) is 72.9 Å². The van der Waals surface area contributed by atoms with Gasteiger partial charge in [-0.1, -0.05) is 82.0 Å². The van der Waals surface area contributed by atoms with Crippen molar-refractivity contribution in [1.82, 2.24) is 4.31 Å². The van der Waals surface area contributed by atoms with Crippen LogP contribution >= 0.6 is 0 Å². The fourth-order valence-corrected chi connectivity index (χ4v) is 8.36. The highest BCUT2D eigenvalue weighted by Crippen LogP contribution is 2.50. The molecule has 0 aliphatic carbocycles. The van der Waals surface area contributed by atoms with Crippen LogP contribution in [-0.4, -0.2) is 50.1 Å². The Bertz CT molecular complexity index is 1380. The first-order chi connectivity index (χ1) is 19.7. The van der Waals surface area contributed by atoms with Crippen molar-refractivity contribution in [3.63, 3.8) is 0 Å². The number of rotatable bonds is 12. The van der Waals surface area contributed by atoms with Gasteiger partial charge in [-0.25, -0.2) is 8.42 Å². The minimum absolute atomic E-state index is 0.215. The van der Waals surface area contributed by atoms with Crippen molar-refractivity contribution < 1.29 is 13.5 Å². The molecule has 0 saturated heterocycles. The molecule has 1 heterocycles. The molecular weight excluding hydrogens is 530 g/mol. The summed E-state index contributed by atoms with van der Waals surface area (Å²) in [6, 6.07) is 23.5. The van der Waals surface area contributed by atoms with Crippen LogP contribution in [0.25, 0.3) is 0 Å². The van der Waals surface area contributed by atoms with Crippen LogP contribution in [0.1, 0.15) is 81.9 Å². The Labute approximate surface area is 247 Å². The second-order valence-corrected chi connectivity index (χ2v) is 13.3. The second-order valence-electron chi connectivity index (χ2n) is 11.5. The maximum Gasteiger partial charge on any atom is 0.244 e. The largest absolute Gasteiger partial charge is 0.390 e. The zero-order valence-corrected chi connectivity index (χ0v) is 26.1. The van der Waals surface area contributed by atoms with E-state index in [1.54, 1.807) is 10.4 Å². The molecule has 0 fully saturated rings. The molecule has 0 radical (unpaired) electrons. The predicted octanol–water partition coefficient (Wildman–Crippen LogP) is 7.00. The van der Waals surface area contributed by atoms with E-state index in [1.807, 2.05) is 79.7 Å². The fourth-order valence-electron chi connectivity index (χ4n) is 6.31. The molecule has 4 rings (SSSR count). The van der Waals surface area contributed by atoms with Crippen LogP contribution in [0, 0.1) is 0 Å². The Hall–Kier alpha value is -2.87. The van der Waals surface area contributed by atoms with E-state index in [-0.39, 0.29) is 11.4 Å². The minimum atomic E-state index is -3.98. The summed E-state index contributed by atoms with van der Waals surface area (Å²) < 4.78 is 31.5. The smallest absolute Gasteiger partial charge is 0.244 e. The van der Waals surface area contributed by atoms with Gasteiger partial charge in [0.15, 0.2) is 0 Å². The van der Waals surface area contributed by atoms with Gasteiger partial charge in [0.25, 0.3) is 0 Å². The molecule has 0 amide bonds. The zero-order chi connectivity index (χ0) is 29.6. The first kappa shape index (κ1) is 31.1. The summed E-state index contributed by atoms with van der Waals surface area (Å²) in [6.07, 6.45) is 3.71. The lowest BCUT2D eigenvalue weighted by Crippen LogP contribution is -2.58. The van der Waals surface area contributed by atoms with Crippen LogP contribution in [0.3, 0.4) is 0 Å². The lowest BCUT2D eigenvalue weighted by Gasteiger charge is -2.47. The summed E-state index contributed by atoms with van der Waals surface area (Å²) in [4.78, 5) is 2.27. The summed E-state index contributed by atoms with van der Waals surface area (Å²) in [5, 5.41) is 16.2. The van der Waals surface area contributed by atoms with Gasteiger partial charge >= 0.3 is 0 Å². The Morgan fingerprint density at radius 3 is 2.20 bits per heavy atom. The molecule has 0 aromatic heterocycles. The van der Waals surface area contributed by atoms with Crippen molar-refractivity contribution in [2.24, 2.45) is 0 Å². The van der Waals surface area contributed by atoms with Crippen LogP contribution in [0.15, 0.2) is 77.7 Å². The van der Waals surface area contributed by atoms with Gasteiger partial charge in [-0.3, -0.25) is 0 Å². The van der Waals surface area contributed by atoms with E-state index in [1.165, 1.54) is 0 Å².